The molecular weight excluding hydrogens is 458 g/mol. The average molecular weight is 482 g/mol. The maximum absolute atomic E-state index is 12.7. The predicted octanol–water partition coefficient (Wildman–Crippen LogP) is 5.48. The van der Waals surface area contributed by atoms with Crippen LogP contribution in [0.3, 0.4) is 0 Å². The Kier molecular flexibility index (Phi) is 5.85. The average Bonchev–Trinajstić information content (AvgIpc) is 3.50. The van der Waals surface area contributed by atoms with Crippen LogP contribution in [0.15, 0.2) is 42.5 Å². The number of nitrogens with zero attached hydrogens (tertiary/aromatic N) is 2. The highest BCUT2D eigenvalue weighted by atomic mass is 35.5. The van der Waals surface area contributed by atoms with Crippen molar-refractivity contribution in [1.29, 1.82) is 0 Å². The fourth-order valence-corrected chi connectivity index (χ4v) is 5.17. The largest absolute Gasteiger partial charge is 0.484 e. The number of aromatic nitrogens is 1. The van der Waals surface area contributed by atoms with E-state index in [1.807, 2.05) is 24.0 Å². The molecular formula is C25H24ClN3O3S. The van der Waals surface area contributed by atoms with E-state index in [0.717, 1.165) is 41.1 Å². The first-order valence-electron chi connectivity index (χ1n) is 11.0. The van der Waals surface area contributed by atoms with Gasteiger partial charge in [-0.2, -0.15) is 0 Å². The third kappa shape index (κ3) is 4.61. The van der Waals surface area contributed by atoms with E-state index < -0.39 is 0 Å². The second-order valence-corrected chi connectivity index (χ2v) is 10.2. The van der Waals surface area contributed by atoms with Crippen molar-refractivity contribution in [3.05, 3.63) is 57.9 Å². The Bertz CT molecular complexity index is 1220. The smallest absolute Gasteiger partial charge is 0.264 e. The molecule has 0 saturated heterocycles. The van der Waals surface area contributed by atoms with Gasteiger partial charge >= 0.3 is 0 Å². The van der Waals surface area contributed by atoms with Crippen molar-refractivity contribution < 1.29 is 14.3 Å². The quantitative estimate of drug-likeness (QED) is 0.506. The molecule has 6 nitrogen and oxygen atoms in total. The normalized spacial score (nSPS) is 17.1. The summed E-state index contributed by atoms with van der Waals surface area (Å²) >= 11 is 7.30. The molecule has 2 aliphatic rings. The van der Waals surface area contributed by atoms with Gasteiger partial charge in [0.05, 0.1) is 5.69 Å². The maximum atomic E-state index is 12.7. The van der Waals surface area contributed by atoms with Crippen molar-refractivity contribution in [3.8, 4) is 17.0 Å². The van der Waals surface area contributed by atoms with Crippen LogP contribution in [0.2, 0.25) is 5.02 Å². The van der Waals surface area contributed by atoms with E-state index in [0.29, 0.717) is 15.9 Å². The van der Waals surface area contributed by atoms with Gasteiger partial charge in [-0.15, -0.1) is 11.3 Å². The zero-order chi connectivity index (χ0) is 23.1. The Morgan fingerprint density at radius 3 is 2.70 bits per heavy atom. The van der Waals surface area contributed by atoms with Gasteiger partial charge in [0.25, 0.3) is 5.91 Å². The number of benzene rings is 2. The number of rotatable bonds is 6. The van der Waals surface area contributed by atoms with Crippen molar-refractivity contribution in [3.63, 3.8) is 0 Å². The first-order valence-corrected chi connectivity index (χ1v) is 12.2. The van der Waals surface area contributed by atoms with Gasteiger partial charge in [-0.1, -0.05) is 17.7 Å². The molecule has 1 fully saturated rings. The van der Waals surface area contributed by atoms with Crippen molar-refractivity contribution in [2.75, 3.05) is 16.8 Å². The first kappa shape index (κ1) is 21.9. The molecule has 5 rings (SSSR count). The summed E-state index contributed by atoms with van der Waals surface area (Å²) in [6.07, 6.45) is 2.86. The zero-order valence-electron chi connectivity index (χ0n) is 18.4. The second kappa shape index (κ2) is 8.80. The predicted molar refractivity (Wildman–Crippen MR) is 131 cm³/mol. The van der Waals surface area contributed by atoms with Crippen molar-refractivity contribution >= 4 is 45.6 Å². The van der Waals surface area contributed by atoms with Gasteiger partial charge in [0.15, 0.2) is 11.7 Å². The Hall–Kier alpha value is -2.90. The Labute approximate surface area is 201 Å². The lowest BCUT2D eigenvalue weighted by Gasteiger charge is -2.22. The summed E-state index contributed by atoms with van der Waals surface area (Å²) in [5, 5.41) is 3.97. The van der Waals surface area contributed by atoms with Crippen LogP contribution in [0.25, 0.3) is 11.3 Å². The van der Waals surface area contributed by atoms with Crippen LogP contribution in [0.4, 0.5) is 10.8 Å². The number of nitrogens with one attached hydrogen (secondary N) is 1. The highest BCUT2D eigenvalue weighted by Gasteiger charge is 2.39. The van der Waals surface area contributed by atoms with Gasteiger partial charge in [-0.05, 0) is 75.1 Å². The monoisotopic (exact) mass is 481 g/mol. The summed E-state index contributed by atoms with van der Waals surface area (Å²) in [7, 11) is 0. The minimum absolute atomic E-state index is 0.114. The van der Waals surface area contributed by atoms with Crippen molar-refractivity contribution in [2.24, 2.45) is 5.92 Å². The van der Waals surface area contributed by atoms with Crippen LogP contribution in [0.5, 0.6) is 5.75 Å². The summed E-state index contributed by atoms with van der Waals surface area (Å²) in [6.45, 7) is 3.98. The standard InChI is InChI=1S/C25H24ClN3O3S/c1-14-11-18-12-17(5-10-21(18)29(14)24(31)16-3-4-16)23-15(2)33-25(28-23)27-22(30)13-32-20-8-6-19(26)7-9-20/h5-10,12,14,16H,3-4,11,13H2,1-2H3,(H,27,28,30)/t14-/m0/s1. The molecule has 8 heteroatoms. The molecule has 1 aromatic heterocycles. The highest BCUT2D eigenvalue weighted by molar-refractivity contribution is 7.16. The summed E-state index contributed by atoms with van der Waals surface area (Å²) < 4.78 is 5.50. The van der Waals surface area contributed by atoms with Crippen LogP contribution in [0, 0.1) is 12.8 Å². The fraction of sp³-hybridized carbons (Fsp3) is 0.320. The third-order valence-corrected chi connectivity index (χ3v) is 7.10. The highest BCUT2D eigenvalue weighted by Crippen LogP contribution is 2.41. The molecule has 2 amide bonds. The van der Waals surface area contributed by atoms with Crippen LogP contribution >= 0.6 is 22.9 Å². The zero-order valence-corrected chi connectivity index (χ0v) is 20.0. The number of carbonyl (C=O) groups is 2. The second-order valence-electron chi connectivity index (χ2n) is 8.59. The number of aryl methyl sites for hydroxylation is 1. The molecule has 33 heavy (non-hydrogen) atoms. The third-order valence-electron chi connectivity index (χ3n) is 5.96. The summed E-state index contributed by atoms with van der Waals surface area (Å²) in [4.78, 5) is 32.7. The lowest BCUT2D eigenvalue weighted by atomic mass is 10.0. The SMILES string of the molecule is Cc1sc(NC(=O)COc2ccc(Cl)cc2)nc1-c1ccc2c(c1)C[C@H](C)N2C(=O)C1CC1. The topological polar surface area (TPSA) is 71.5 Å². The van der Waals surface area contributed by atoms with E-state index in [1.165, 1.54) is 16.9 Å². The van der Waals surface area contributed by atoms with Gasteiger partial charge in [-0.3, -0.25) is 14.9 Å². The molecule has 1 saturated carbocycles. The molecule has 1 atom stereocenters. The minimum atomic E-state index is -0.276. The number of amides is 2. The van der Waals surface area contributed by atoms with Crippen molar-refractivity contribution in [1.82, 2.24) is 4.98 Å². The van der Waals surface area contributed by atoms with Crippen LogP contribution in [0.1, 0.15) is 30.2 Å². The molecule has 0 bridgehead atoms. The number of thiazole rings is 1. The van der Waals surface area contributed by atoms with E-state index in [-0.39, 0.29) is 30.4 Å². The molecule has 2 heterocycles. The van der Waals surface area contributed by atoms with E-state index in [1.54, 1.807) is 24.3 Å². The molecule has 2 aromatic carbocycles. The summed E-state index contributed by atoms with van der Waals surface area (Å²) in [6, 6.07) is 13.2. The van der Waals surface area contributed by atoms with Gasteiger partial charge in [0, 0.05) is 33.1 Å². The van der Waals surface area contributed by atoms with Gasteiger partial charge < -0.3 is 9.64 Å². The molecule has 0 radical (unpaired) electrons. The van der Waals surface area contributed by atoms with Gasteiger partial charge in [0.2, 0.25) is 5.91 Å². The molecule has 170 valence electrons. The lowest BCUT2D eigenvalue weighted by molar-refractivity contribution is -0.120. The Balaban J connectivity index is 1.28. The van der Waals surface area contributed by atoms with E-state index in [4.69, 9.17) is 16.3 Å². The van der Waals surface area contributed by atoms with Gasteiger partial charge in [-0.25, -0.2) is 4.98 Å². The van der Waals surface area contributed by atoms with E-state index in [2.05, 4.69) is 23.3 Å². The maximum Gasteiger partial charge on any atom is 0.264 e. The number of carbonyl (C=O) groups excluding carboxylic acids is 2. The number of hydrogen-bond donors (Lipinski definition) is 1. The fourth-order valence-electron chi connectivity index (χ4n) is 4.19. The molecule has 0 unspecified atom stereocenters. The van der Waals surface area contributed by atoms with E-state index >= 15 is 0 Å². The minimum Gasteiger partial charge on any atom is -0.484 e. The molecule has 1 aliphatic heterocycles. The molecule has 0 spiro atoms. The molecule has 1 N–H and O–H groups in total. The van der Waals surface area contributed by atoms with Crippen LogP contribution in [-0.2, 0) is 16.0 Å². The molecule has 1 aliphatic carbocycles. The number of ether oxygens (including phenoxy) is 1. The number of halogens is 1. The van der Waals surface area contributed by atoms with E-state index in [9.17, 15) is 9.59 Å². The molecule has 3 aromatic rings. The Morgan fingerprint density at radius 1 is 1.21 bits per heavy atom. The number of hydrogen-bond acceptors (Lipinski definition) is 5. The van der Waals surface area contributed by atoms with Crippen LogP contribution in [-0.4, -0.2) is 29.4 Å². The summed E-state index contributed by atoms with van der Waals surface area (Å²) in [5.74, 6) is 0.757. The Morgan fingerprint density at radius 2 is 1.97 bits per heavy atom. The summed E-state index contributed by atoms with van der Waals surface area (Å²) in [5.41, 5.74) is 4.02. The lowest BCUT2D eigenvalue weighted by Crippen LogP contribution is -2.36. The number of anilines is 2. The van der Waals surface area contributed by atoms with Crippen LogP contribution < -0.4 is 15.0 Å². The number of fused-ring (bicyclic) bond motifs is 1. The van der Waals surface area contributed by atoms with Crippen molar-refractivity contribution in [2.45, 2.75) is 39.2 Å². The van der Waals surface area contributed by atoms with Gasteiger partial charge in [0.1, 0.15) is 5.75 Å². The first-order chi connectivity index (χ1) is 15.9.